The van der Waals surface area contributed by atoms with Gasteiger partial charge in [0.1, 0.15) is 0 Å². The van der Waals surface area contributed by atoms with Crippen molar-refractivity contribution in [3.63, 3.8) is 0 Å². The minimum Gasteiger partial charge on any atom is -0.369 e. The number of hydrogen-bond donors (Lipinski definition) is 0. The molecule has 102 valence electrons. The van der Waals surface area contributed by atoms with Gasteiger partial charge in [-0.2, -0.15) is 0 Å². The number of amides is 1. The highest BCUT2D eigenvalue weighted by molar-refractivity contribution is 5.85. The fourth-order valence-electron chi connectivity index (χ4n) is 2.53. The Bertz CT molecular complexity index is 485. The van der Waals surface area contributed by atoms with Gasteiger partial charge in [0.2, 0.25) is 5.91 Å². The number of carbonyl (C=O) groups excluding carboxylic acids is 2. The van der Waals surface area contributed by atoms with Gasteiger partial charge in [0, 0.05) is 44.4 Å². The molecule has 0 N–H and O–H groups in total. The molecule has 0 atom stereocenters. The van der Waals surface area contributed by atoms with E-state index in [4.69, 9.17) is 0 Å². The van der Waals surface area contributed by atoms with Crippen molar-refractivity contribution in [1.29, 1.82) is 0 Å². The molecule has 1 aliphatic heterocycles. The first-order chi connectivity index (χ1) is 9.11. The number of anilines is 1. The maximum absolute atomic E-state index is 11.4. The van der Waals surface area contributed by atoms with Gasteiger partial charge in [-0.15, -0.1) is 0 Å². The summed E-state index contributed by atoms with van der Waals surface area (Å²) < 4.78 is 0. The topological polar surface area (TPSA) is 40.6 Å². The number of hydrogen-bond acceptors (Lipinski definition) is 3. The van der Waals surface area contributed by atoms with Crippen LogP contribution in [-0.2, 0) is 4.79 Å². The molecule has 0 bridgehead atoms. The first-order valence-corrected chi connectivity index (χ1v) is 6.68. The van der Waals surface area contributed by atoms with Crippen LogP contribution in [0.4, 0.5) is 5.69 Å². The first kappa shape index (κ1) is 13.6. The van der Waals surface area contributed by atoms with Crippen molar-refractivity contribution in [2.24, 2.45) is 0 Å². The Balaban J connectivity index is 2.18. The van der Waals surface area contributed by atoms with Crippen LogP contribution in [0, 0.1) is 6.92 Å². The maximum atomic E-state index is 11.4. The molecule has 1 fully saturated rings. The van der Waals surface area contributed by atoms with E-state index in [-0.39, 0.29) is 5.91 Å². The van der Waals surface area contributed by atoms with E-state index in [0.29, 0.717) is 0 Å². The largest absolute Gasteiger partial charge is 0.369 e. The van der Waals surface area contributed by atoms with Crippen LogP contribution in [0.5, 0.6) is 0 Å². The molecule has 1 heterocycles. The van der Waals surface area contributed by atoms with Crippen LogP contribution in [0.15, 0.2) is 18.2 Å². The maximum Gasteiger partial charge on any atom is 0.219 e. The number of nitrogens with zero attached hydrogens (tertiary/aromatic N) is 2. The summed E-state index contributed by atoms with van der Waals surface area (Å²) in [5.74, 6) is 0.126. The number of rotatable bonds is 2. The molecule has 0 radical (unpaired) electrons. The Hall–Kier alpha value is -1.84. The van der Waals surface area contributed by atoms with E-state index in [2.05, 4.69) is 4.90 Å². The quantitative estimate of drug-likeness (QED) is 0.762. The molecule has 1 aromatic rings. The lowest BCUT2D eigenvalue weighted by Gasteiger charge is -2.24. The fourth-order valence-corrected chi connectivity index (χ4v) is 2.53. The van der Waals surface area contributed by atoms with Gasteiger partial charge >= 0.3 is 0 Å². The lowest BCUT2D eigenvalue weighted by molar-refractivity contribution is -0.128. The summed E-state index contributed by atoms with van der Waals surface area (Å²) in [5, 5.41) is 0. The standard InChI is InChI=1S/C15H20N2O2/c1-12-4-5-15(14(10-12)11-18)17-7-3-6-16(8-9-17)13(2)19/h4-5,10-11H,3,6-9H2,1-2H3. The second-order valence-electron chi connectivity index (χ2n) is 5.03. The molecular formula is C15H20N2O2. The first-order valence-electron chi connectivity index (χ1n) is 6.68. The van der Waals surface area contributed by atoms with Crippen molar-refractivity contribution < 1.29 is 9.59 Å². The van der Waals surface area contributed by atoms with Gasteiger partial charge in [0.05, 0.1) is 0 Å². The number of benzene rings is 1. The molecule has 1 aromatic carbocycles. The zero-order valence-electron chi connectivity index (χ0n) is 11.6. The lowest BCUT2D eigenvalue weighted by atomic mass is 10.1. The van der Waals surface area contributed by atoms with Gasteiger partial charge in [-0.1, -0.05) is 11.6 Å². The van der Waals surface area contributed by atoms with Gasteiger partial charge < -0.3 is 9.80 Å². The van der Waals surface area contributed by atoms with Crippen molar-refractivity contribution in [1.82, 2.24) is 4.90 Å². The molecule has 1 aliphatic rings. The second kappa shape index (κ2) is 5.87. The van der Waals surface area contributed by atoms with Gasteiger partial charge in [-0.3, -0.25) is 9.59 Å². The predicted octanol–water partition coefficient (Wildman–Crippen LogP) is 1.87. The average Bonchev–Trinajstić information content (AvgIpc) is 2.64. The molecule has 0 unspecified atom stereocenters. The van der Waals surface area contributed by atoms with Gasteiger partial charge in [-0.25, -0.2) is 0 Å². The summed E-state index contributed by atoms with van der Waals surface area (Å²) in [7, 11) is 0. The van der Waals surface area contributed by atoms with Crippen LogP contribution >= 0.6 is 0 Å². The zero-order chi connectivity index (χ0) is 13.8. The van der Waals surface area contributed by atoms with E-state index in [9.17, 15) is 9.59 Å². The molecule has 0 aromatic heterocycles. The average molecular weight is 260 g/mol. The Morgan fingerprint density at radius 2 is 2.00 bits per heavy atom. The van der Waals surface area contributed by atoms with Crippen molar-refractivity contribution in [2.75, 3.05) is 31.1 Å². The SMILES string of the molecule is CC(=O)N1CCCN(c2ccc(C)cc2C=O)CC1. The molecule has 0 saturated carbocycles. The van der Waals surface area contributed by atoms with E-state index >= 15 is 0 Å². The third-order valence-corrected chi connectivity index (χ3v) is 3.59. The summed E-state index contributed by atoms with van der Waals surface area (Å²) >= 11 is 0. The second-order valence-corrected chi connectivity index (χ2v) is 5.03. The smallest absolute Gasteiger partial charge is 0.219 e. The molecular weight excluding hydrogens is 240 g/mol. The Kier molecular flexibility index (Phi) is 4.20. The third-order valence-electron chi connectivity index (χ3n) is 3.59. The van der Waals surface area contributed by atoms with Crippen molar-refractivity contribution >= 4 is 17.9 Å². The van der Waals surface area contributed by atoms with Gasteiger partial charge in [0.25, 0.3) is 0 Å². The summed E-state index contributed by atoms with van der Waals surface area (Å²) in [6.45, 7) is 6.78. The lowest BCUT2D eigenvalue weighted by Crippen LogP contribution is -2.33. The summed E-state index contributed by atoms with van der Waals surface area (Å²) in [4.78, 5) is 26.7. The van der Waals surface area contributed by atoms with E-state index in [1.165, 1.54) is 0 Å². The summed E-state index contributed by atoms with van der Waals surface area (Å²) in [6.07, 6.45) is 1.85. The molecule has 2 rings (SSSR count). The van der Waals surface area contributed by atoms with Gasteiger partial charge in [-0.05, 0) is 25.5 Å². The predicted molar refractivity (Wildman–Crippen MR) is 75.7 cm³/mol. The molecule has 0 spiro atoms. The Labute approximate surface area is 114 Å². The number of aryl methyl sites for hydroxylation is 1. The highest BCUT2D eigenvalue weighted by Gasteiger charge is 2.18. The molecule has 4 heteroatoms. The van der Waals surface area contributed by atoms with Crippen LogP contribution < -0.4 is 4.90 Å². The third kappa shape index (κ3) is 3.13. The number of carbonyl (C=O) groups is 2. The molecule has 0 aliphatic carbocycles. The monoisotopic (exact) mass is 260 g/mol. The minimum absolute atomic E-state index is 0.126. The Morgan fingerprint density at radius 1 is 1.21 bits per heavy atom. The minimum atomic E-state index is 0.126. The van der Waals surface area contributed by atoms with E-state index in [1.54, 1.807) is 6.92 Å². The van der Waals surface area contributed by atoms with E-state index < -0.39 is 0 Å². The number of aldehydes is 1. The summed E-state index contributed by atoms with van der Waals surface area (Å²) in [6, 6.07) is 5.94. The normalized spacial score (nSPS) is 16.1. The zero-order valence-corrected chi connectivity index (χ0v) is 11.6. The highest BCUT2D eigenvalue weighted by Crippen LogP contribution is 2.22. The van der Waals surface area contributed by atoms with Crippen molar-refractivity contribution in [2.45, 2.75) is 20.3 Å². The van der Waals surface area contributed by atoms with E-state index in [0.717, 1.165) is 55.7 Å². The molecule has 1 amide bonds. The van der Waals surface area contributed by atoms with Crippen LogP contribution in [0.1, 0.15) is 29.3 Å². The van der Waals surface area contributed by atoms with Crippen LogP contribution in [0.3, 0.4) is 0 Å². The van der Waals surface area contributed by atoms with Crippen LogP contribution in [0.25, 0.3) is 0 Å². The Morgan fingerprint density at radius 3 is 2.68 bits per heavy atom. The van der Waals surface area contributed by atoms with Crippen LogP contribution in [-0.4, -0.2) is 43.3 Å². The van der Waals surface area contributed by atoms with Gasteiger partial charge in [0.15, 0.2) is 6.29 Å². The fraction of sp³-hybridized carbons (Fsp3) is 0.467. The molecule has 1 saturated heterocycles. The highest BCUT2D eigenvalue weighted by atomic mass is 16.2. The molecule has 4 nitrogen and oxygen atoms in total. The molecule has 19 heavy (non-hydrogen) atoms. The van der Waals surface area contributed by atoms with E-state index in [1.807, 2.05) is 30.0 Å². The van der Waals surface area contributed by atoms with Crippen molar-refractivity contribution in [3.8, 4) is 0 Å². The summed E-state index contributed by atoms with van der Waals surface area (Å²) in [5.41, 5.74) is 2.80. The van der Waals surface area contributed by atoms with Crippen molar-refractivity contribution in [3.05, 3.63) is 29.3 Å². The van der Waals surface area contributed by atoms with Crippen LogP contribution in [0.2, 0.25) is 0 Å².